The molecule has 0 atom stereocenters. The highest BCUT2D eigenvalue weighted by atomic mass is 16.6. The molecular formula is C18H27N3O2. The predicted octanol–water partition coefficient (Wildman–Crippen LogP) is 2.70. The summed E-state index contributed by atoms with van der Waals surface area (Å²) >= 11 is 0. The van der Waals surface area contributed by atoms with Crippen molar-refractivity contribution in [3.63, 3.8) is 0 Å². The Morgan fingerprint density at radius 1 is 1.26 bits per heavy atom. The summed E-state index contributed by atoms with van der Waals surface area (Å²) in [5.41, 5.74) is 6.91. The molecule has 23 heavy (non-hydrogen) atoms. The van der Waals surface area contributed by atoms with Gasteiger partial charge in [-0.1, -0.05) is 54.8 Å². The van der Waals surface area contributed by atoms with E-state index in [1.54, 1.807) is 0 Å². The highest BCUT2D eigenvalue weighted by Gasteiger charge is 2.24. The summed E-state index contributed by atoms with van der Waals surface area (Å²) in [6.07, 6.45) is 6.40. The third-order valence-corrected chi connectivity index (χ3v) is 4.27. The van der Waals surface area contributed by atoms with E-state index in [0.29, 0.717) is 18.3 Å². The van der Waals surface area contributed by atoms with Gasteiger partial charge in [-0.2, -0.15) is 0 Å². The van der Waals surface area contributed by atoms with E-state index in [-0.39, 0.29) is 12.5 Å². The quantitative estimate of drug-likeness (QED) is 0.477. The summed E-state index contributed by atoms with van der Waals surface area (Å²) < 4.78 is 0. The molecule has 5 nitrogen and oxygen atoms in total. The van der Waals surface area contributed by atoms with Crippen molar-refractivity contribution >= 4 is 11.7 Å². The van der Waals surface area contributed by atoms with Crippen molar-refractivity contribution in [1.82, 2.24) is 4.90 Å². The maximum absolute atomic E-state index is 12.3. The van der Waals surface area contributed by atoms with Crippen LogP contribution in [0.1, 0.15) is 44.6 Å². The van der Waals surface area contributed by atoms with Crippen LogP contribution in [0.3, 0.4) is 0 Å². The molecule has 0 spiro atoms. The van der Waals surface area contributed by atoms with E-state index in [9.17, 15) is 4.79 Å². The summed E-state index contributed by atoms with van der Waals surface area (Å²) in [6.45, 7) is 2.69. The van der Waals surface area contributed by atoms with Crippen molar-refractivity contribution in [2.45, 2.75) is 51.5 Å². The van der Waals surface area contributed by atoms with Crippen LogP contribution in [0.4, 0.5) is 0 Å². The zero-order valence-electron chi connectivity index (χ0n) is 13.9. The fourth-order valence-corrected chi connectivity index (χ4v) is 3.12. The van der Waals surface area contributed by atoms with Crippen molar-refractivity contribution in [2.24, 2.45) is 10.9 Å². The van der Waals surface area contributed by atoms with E-state index < -0.39 is 0 Å². The Morgan fingerprint density at radius 3 is 2.61 bits per heavy atom. The van der Waals surface area contributed by atoms with Crippen LogP contribution in [0.2, 0.25) is 0 Å². The molecule has 1 amide bonds. The van der Waals surface area contributed by atoms with Gasteiger partial charge in [-0.05, 0) is 25.3 Å². The lowest BCUT2D eigenvalue weighted by Gasteiger charge is -2.33. The lowest BCUT2D eigenvalue weighted by atomic mass is 9.94. The fraction of sp³-hybridized carbons (Fsp3) is 0.556. The lowest BCUT2D eigenvalue weighted by Crippen LogP contribution is -2.43. The first-order chi connectivity index (χ1) is 11.2. The summed E-state index contributed by atoms with van der Waals surface area (Å²) in [7, 11) is 0. The smallest absolute Gasteiger partial charge is 0.263 e. The number of oxime groups is 1. The van der Waals surface area contributed by atoms with Gasteiger partial charge in [-0.15, -0.1) is 0 Å². The zero-order valence-corrected chi connectivity index (χ0v) is 13.9. The van der Waals surface area contributed by atoms with Crippen molar-refractivity contribution in [1.29, 1.82) is 0 Å². The number of benzene rings is 1. The number of amides is 1. The number of nitrogens with zero attached hydrogens (tertiary/aromatic N) is 2. The van der Waals surface area contributed by atoms with Crippen LogP contribution in [-0.4, -0.2) is 35.8 Å². The molecule has 5 heteroatoms. The second kappa shape index (κ2) is 9.18. The molecule has 2 rings (SSSR count). The van der Waals surface area contributed by atoms with Gasteiger partial charge in [-0.3, -0.25) is 4.79 Å². The van der Waals surface area contributed by atoms with Gasteiger partial charge in [0, 0.05) is 19.0 Å². The second-order valence-corrected chi connectivity index (χ2v) is 5.99. The molecule has 0 radical (unpaired) electrons. The standard InChI is InChI=1S/C18H27N3O2/c1-2-21(16-11-7-4-8-12-16)18(22)14-23-20-17(19)13-15-9-5-3-6-10-15/h3,5-6,9-10,16H,2,4,7-8,11-14H2,1H3,(H2,19,20). The zero-order chi connectivity index (χ0) is 16.5. The summed E-state index contributed by atoms with van der Waals surface area (Å²) in [4.78, 5) is 19.4. The molecule has 0 bridgehead atoms. The molecule has 0 heterocycles. The van der Waals surface area contributed by atoms with E-state index in [4.69, 9.17) is 10.6 Å². The molecule has 0 saturated heterocycles. The van der Waals surface area contributed by atoms with E-state index in [2.05, 4.69) is 5.16 Å². The Morgan fingerprint density at radius 2 is 1.96 bits per heavy atom. The number of amidine groups is 1. The Kier molecular flexibility index (Phi) is 6.91. The summed E-state index contributed by atoms with van der Waals surface area (Å²) in [5.74, 6) is 0.375. The molecule has 0 aromatic heterocycles. The molecule has 1 aliphatic carbocycles. The lowest BCUT2D eigenvalue weighted by molar-refractivity contribution is -0.138. The van der Waals surface area contributed by atoms with Crippen molar-refractivity contribution in [3.05, 3.63) is 35.9 Å². The minimum atomic E-state index is -0.0418. The van der Waals surface area contributed by atoms with Gasteiger partial charge < -0.3 is 15.5 Å². The molecule has 1 aromatic rings. The van der Waals surface area contributed by atoms with Crippen LogP contribution < -0.4 is 5.73 Å². The molecule has 1 saturated carbocycles. The van der Waals surface area contributed by atoms with Crippen LogP contribution in [0, 0.1) is 0 Å². The van der Waals surface area contributed by atoms with E-state index in [1.807, 2.05) is 42.2 Å². The van der Waals surface area contributed by atoms with Crippen molar-refractivity contribution < 1.29 is 9.63 Å². The van der Waals surface area contributed by atoms with Crippen molar-refractivity contribution in [2.75, 3.05) is 13.2 Å². The summed E-state index contributed by atoms with van der Waals surface area (Å²) in [6, 6.07) is 10.2. The van der Waals surface area contributed by atoms with Crippen LogP contribution in [0.5, 0.6) is 0 Å². The van der Waals surface area contributed by atoms with Crippen molar-refractivity contribution in [3.8, 4) is 0 Å². The first kappa shape index (κ1) is 17.3. The van der Waals surface area contributed by atoms with Gasteiger partial charge in [0.15, 0.2) is 6.61 Å². The monoisotopic (exact) mass is 317 g/mol. The topological polar surface area (TPSA) is 67.9 Å². The number of rotatable bonds is 7. The number of likely N-dealkylation sites (N-methyl/N-ethyl adjacent to an activating group) is 1. The number of hydrogen-bond acceptors (Lipinski definition) is 3. The number of nitrogens with two attached hydrogens (primary N) is 1. The number of hydrogen-bond donors (Lipinski definition) is 1. The van der Waals surface area contributed by atoms with Crippen LogP contribution in [-0.2, 0) is 16.1 Å². The molecular weight excluding hydrogens is 290 g/mol. The first-order valence-electron chi connectivity index (χ1n) is 8.48. The largest absolute Gasteiger partial charge is 0.384 e. The normalized spacial score (nSPS) is 16.1. The molecule has 1 aliphatic rings. The van der Waals surface area contributed by atoms with Crippen LogP contribution in [0.15, 0.2) is 35.5 Å². The van der Waals surface area contributed by atoms with Gasteiger partial charge in [0.2, 0.25) is 0 Å². The third-order valence-electron chi connectivity index (χ3n) is 4.27. The fourth-order valence-electron chi connectivity index (χ4n) is 3.12. The average molecular weight is 317 g/mol. The SMILES string of the molecule is CCN(C(=O)CO/N=C(/N)Cc1ccccc1)C1CCCCC1. The van der Waals surface area contributed by atoms with Gasteiger partial charge in [0.05, 0.1) is 0 Å². The average Bonchev–Trinajstić information content (AvgIpc) is 2.57. The Bertz CT molecular complexity index is 510. The Hall–Kier alpha value is -2.04. The molecule has 0 aliphatic heterocycles. The highest BCUT2D eigenvalue weighted by Crippen LogP contribution is 2.22. The Labute approximate surface area is 138 Å². The number of carbonyl (C=O) groups is 1. The first-order valence-corrected chi connectivity index (χ1v) is 8.48. The van der Waals surface area contributed by atoms with E-state index in [1.165, 1.54) is 19.3 Å². The van der Waals surface area contributed by atoms with Crippen LogP contribution >= 0.6 is 0 Å². The van der Waals surface area contributed by atoms with Gasteiger partial charge in [-0.25, -0.2) is 0 Å². The maximum Gasteiger partial charge on any atom is 0.263 e. The molecule has 2 N–H and O–H groups in total. The van der Waals surface area contributed by atoms with E-state index >= 15 is 0 Å². The van der Waals surface area contributed by atoms with Gasteiger partial charge >= 0.3 is 0 Å². The Balaban J connectivity index is 1.79. The molecule has 126 valence electrons. The molecule has 1 fully saturated rings. The molecule has 1 aromatic carbocycles. The molecule has 0 unspecified atom stereocenters. The number of carbonyl (C=O) groups excluding carboxylic acids is 1. The maximum atomic E-state index is 12.3. The van der Waals surface area contributed by atoms with Crippen LogP contribution in [0.25, 0.3) is 0 Å². The third kappa shape index (κ3) is 5.58. The minimum absolute atomic E-state index is 0.00402. The highest BCUT2D eigenvalue weighted by molar-refractivity contribution is 5.82. The second-order valence-electron chi connectivity index (χ2n) is 5.99. The summed E-state index contributed by atoms with van der Waals surface area (Å²) in [5, 5.41) is 3.87. The van der Waals surface area contributed by atoms with Gasteiger partial charge in [0.1, 0.15) is 5.84 Å². The van der Waals surface area contributed by atoms with Gasteiger partial charge in [0.25, 0.3) is 5.91 Å². The minimum Gasteiger partial charge on any atom is -0.384 e. The predicted molar refractivity (Wildman–Crippen MR) is 92.0 cm³/mol. The van der Waals surface area contributed by atoms with E-state index in [0.717, 1.165) is 24.9 Å².